The Morgan fingerprint density at radius 3 is 2.53 bits per heavy atom. The van der Waals surface area contributed by atoms with E-state index in [4.69, 9.17) is 39.5 Å². The van der Waals surface area contributed by atoms with Crippen molar-refractivity contribution in [1.29, 1.82) is 0 Å². The maximum atomic E-state index is 9.63. The Morgan fingerprint density at radius 2 is 1.79 bits per heavy atom. The molecule has 0 radical (unpaired) electrons. The smallest absolute Gasteiger partial charge is 0.145 e. The molecule has 0 bridgehead atoms. The third kappa shape index (κ3) is 2.15. The van der Waals surface area contributed by atoms with Crippen LogP contribution >= 0.6 is 46.6 Å². The molecule has 0 amide bonds. The molecule has 6 heteroatoms. The van der Waals surface area contributed by atoms with Gasteiger partial charge in [-0.2, -0.15) is 0 Å². The first-order valence-electron chi connectivity index (χ1n) is 5.34. The number of halogens is 3. The van der Waals surface area contributed by atoms with Gasteiger partial charge in [-0.25, -0.2) is 0 Å². The van der Waals surface area contributed by atoms with Crippen LogP contribution in [0, 0.1) is 6.92 Å². The first-order valence-corrected chi connectivity index (χ1v) is 7.29. The van der Waals surface area contributed by atoms with Gasteiger partial charge >= 0.3 is 0 Å². The molecule has 0 aromatic heterocycles. The van der Waals surface area contributed by atoms with Crippen molar-refractivity contribution in [1.82, 2.24) is 0 Å². The molecule has 1 aliphatic heterocycles. The quantitative estimate of drug-likeness (QED) is 0.554. The van der Waals surface area contributed by atoms with E-state index in [1.165, 1.54) is 11.8 Å². The van der Waals surface area contributed by atoms with Crippen molar-refractivity contribution in [2.45, 2.75) is 16.7 Å². The molecule has 1 heterocycles. The molecule has 2 aromatic rings. The molecule has 98 valence electrons. The molecule has 1 aliphatic rings. The Hall–Kier alpha value is -0.740. The highest BCUT2D eigenvalue weighted by atomic mass is 35.5. The van der Waals surface area contributed by atoms with Crippen LogP contribution in [0.5, 0.6) is 17.2 Å². The summed E-state index contributed by atoms with van der Waals surface area (Å²) in [5.41, 5.74) is 0.784. The molecule has 19 heavy (non-hydrogen) atoms. The molecule has 2 aromatic carbocycles. The van der Waals surface area contributed by atoms with E-state index in [0.29, 0.717) is 21.5 Å². The van der Waals surface area contributed by atoms with Crippen LogP contribution in [0.25, 0.3) is 0 Å². The normalized spacial score (nSPS) is 12.6. The minimum absolute atomic E-state index is 0.0248. The lowest BCUT2D eigenvalue weighted by Crippen LogP contribution is -1.98. The van der Waals surface area contributed by atoms with E-state index < -0.39 is 0 Å². The van der Waals surface area contributed by atoms with Gasteiger partial charge in [-0.15, -0.1) is 0 Å². The minimum atomic E-state index is 0.0248. The SMILES string of the molecule is Cc1c(Cl)c(Cl)cc2c1Oc1cc(Cl)c(O)cc1S2. The van der Waals surface area contributed by atoms with Crippen molar-refractivity contribution in [3.05, 3.63) is 38.8 Å². The maximum absolute atomic E-state index is 9.63. The number of aromatic hydroxyl groups is 1. The second kappa shape index (κ2) is 4.67. The van der Waals surface area contributed by atoms with Crippen molar-refractivity contribution in [2.75, 3.05) is 0 Å². The number of ether oxygens (including phenoxy) is 1. The molecular weight excluding hydrogens is 327 g/mol. The van der Waals surface area contributed by atoms with E-state index in [9.17, 15) is 5.11 Å². The van der Waals surface area contributed by atoms with Gasteiger partial charge in [0.1, 0.15) is 17.2 Å². The number of phenols is 1. The number of fused-ring (bicyclic) bond motifs is 2. The zero-order chi connectivity index (χ0) is 13.7. The number of hydrogen-bond donors (Lipinski definition) is 1. The first-order chi connectivity index (χ1) is 8.97. The summed E-state index contributed by atoms with van der Waals surface area (Å²) in [6, 6.07) is 4.92. The van der Waals surface area contributed by atoms with Crippen molar-refractivity contribution in [3.8, 4) is 17.2 Å². The van der Waals surface area contributed by atoms with E-state index in [2.05, 4.69) is 0 Å². The number of phenolic OH excluding ortho intramolecular Hbond substituents is 1. The lowest BCUT2D eigenvalue weighted by molar-refractivity contribution is 0.441. The summed E-state index contributed by atoms with van der Waals surface area (Å²) in [5.74, 6) is 1.30. The summed E-state index contributed by atoms with van der Waals surface area (Å²) in [4.78, 5) is 1.65. The summed E-state index contributed by atoms with van der Waals surface area (Å²) >= 11 is 19.5. The van der Waals surface area contributed by atoms with E-state index >= 15 is 0 Å². The van der Waals surface area contributed by atoms with Gasteiger partial charge in [0, 0.05) is 11.6 Å². The van der Waals surface area contributed by atoms with Crippen LogP contribution in [0.1, 0.15) is 5.56 Å². The molecule has 3 rings (SSSR count). The third-order valence-electron chi connectivity index (χ3n) is 2.81. The van der Waals surface area contributed by atoms with E-state index in [-0.39, 0.29) is 10.8 Å². The molecule has 0 saturated carbocycles. The number of rotatable bonds is 0. The number of benzene rings is 2. The predicted octanol–water partition coefficient (Wildman–Crippen LogP) is 5.92. The fourth-order valence-corrected chi connectivity index (χ4v) is 3.51. The molecule has 0 fully saturated rings. The van der Waals surface area contributed by atoms with Crippen molar-refractivity contribution < 1.29 is 9.84 Å². The van der Waals surface area contributed by atoms with Gasteiger partial charge in [0.05, 0.1) is 24.9 Å². The van der Waals surface area contributed by atoms with E-state index in [1.807, 2.05) is 6.92 Å². The fourth-order valence-electron chi connectivity index (χ4n) is 1.82. The standard InChI is InChI=1S/C13H7Cl3O2S/c1-5-12(16)7(15)3-11-13(5)18-9-2-6(14)8(17)4-10(9)19-11/h2-4,17H,1H3. The molecule has 1 N–H and O–H groups in total. The third-order valence-corrected chi connectivity index (χ3v) is 5.05. The van der Waals surface area contributed by atoms with Crippen LogP contribution < -0.4 is 4.74 Å². The zero-order valence-corrected chi connectivity index (χ0v) is 12.7. The Bertz CT molecular complexity index is 701. The molecule has 0 spiro atoms. The van der Waals surface area contributed by atoms with Gasteiger partial charge in [0.25, 0.3) is 0 Å². The van der Waals surface area contributed by atoms with Crippen LogP contribution in [0.15, 0.2) is 28.0 Å². The fraction of sp³-hybridized carbons (Fsp3) is 0.0769. The topological polar surface area (TPSA) is 29.5 Å². The summed E-state index contributed by atoms with van der Waals surface area (Å²) in [5, 5.41) is 10.8. The average molecular weight is 334 g/mol. The van der Waals surface area contributed by atoms with Crippen LogP contribution in [0.4, 0.5) is 0 Å². The van der Waals surface area contributed by atoms with Crippen LogP contribution in [0.3, 0.4) is 0 Å². The molecule has 0 saturated heterocycles. The monoisotopic (exact) mass is 332 g/mol. The molecule has 0 atom stereocenters. The summed E-state index contributed by atoms with van der Waals surface area (Å²) in [6.45, 7) is 1.85. The van der Waals surface area contributed by atoms with Crippen molar-refractivity contribution >= 4 is 46.6 Å². The lowest BCUT2D eigenvalue weighted by atomic mass is 10.2. The highest BCUT2D eigenvalue weighted by Crippen LogP contribution is 2.52. The van der Waals surface area contributed by atoms with E-state index in [1.54, 1.807) is 18.2 Å². The maximum Gasteiger partial charge on any atom is 0.145 e. The van der Waals surface area contributed by atoms with Gasteiger partial charge in [0.2, 0.25) is 0 Å². The Labute approximate surface area is 129 Å². The summed E-state index contributed by atoms with van der Waals surface area (Å²) in [6.07, 6.45) is 0. The zero-order valence-electron chi connectivity index (χ0n) is 9.63. The average Bonchev–Trinajstić information content (AvgIpc) is 2.37. The van der Waals surface area contributed by atoms with Gasteiger partial charge in [-0.1, -0.05) is 46.6 Å². The molecule has 2 nitrogen and oxygen atoms in total. The molecule has 0 unspecified atom stereocenters. The predicted molar refractivity (Wildman–Crippen MR) is 78.5 cm³/mol. The van der Waals surface area contributed by atoms with Gasteiger partial charge in [0.15, 0.2) is 0 Å². The highest BCUT2D eigenvalue weighted by Gasteiger charge is 2.24. The van der Waals surface area contributed by atoms with Crippen LogP contribution in [-0.4, -0.2) is 5.11 Å². The summed E-state index contributed by atoms with van der Waals surface area (Å²) < 4.78 is 5.82. The molecule has 0 aliphatic carbocycles. The largest absolute Gasteiger partial charge is 0.506 e. The Kier molecular flexibility index (Phi) is 3.26. The minimum Gasteiger partial charge on any atom is -0.506 e. The van der Waals surface area contributed by atoms with E-state index in [0.717, 1.165) is 15.4 Å². The Morgan fingerprint density at radius 1 is 1.05 bits per heavy atom. The van der Waals surface area contributed by atoms with Gasteiger partial charge in [-0.05, 0) is 19.1 Å². The second-order valence-corrected chi connectivity index (χ2v) is 6.36. The Balaban J connectivity index is 2.17. The second-order valence-electron chi connectivity index (χ2n) is 4.08. The number of hydrogen-bond acceptors (Lipinski definition) is 3. The lowest BCUT2D eigenvalue weighted by Gasteiger charge is -2.22. The van der Waals surface area contributed by atoms with Crippen molar-refractivity contribution in [2.24, 2.45) is 0 Å². The van der Waals surface area contributed by atoms with Gasteiger partial charge < -0.3 is 9.84 Å². The van der Waals surface area contributed by atoms with Gasteiger partial charge in [-0.3, -0.25) is 0 Å². The van der Waals surface area contributed by atoms with Crippen molar-refractivity contribution in [3.63, 3.8) is 0 Å². The van der Waals surface area contributed by atoms with Crippen LogP contribution in [-0.2, 0) is 0 Å². The highest BCUT2D eigenvalue weighted by molar-refractivity contribution is 7.99. The van der Waals surface area contributed by atoms with Crippen LogP contribution in [0.2, 0.25) is 15.1 Å². The first kappa shape index (κ1) is 13.3. The molecular formula is C13H7Cl3O2S. The summed E-state index contributed by atoms with van der Waals surface area (Å²) in [7, 11) is 0.